The predicted molar refractivity (Wildman–Crippen MR) is 109 cm³/mol. The molecular formula is C22H17NO5S. The van der Waals surface area contributed by atoms with E-state index in [4.69, 9.17) is 9.15 Å². The van der Waals surface area contributed by atoms with Crippen LogP contribution in [-0.2, 0) is 14.8 Å². The van der Waals surface area contributed by atoms with Gasteiger partial charge in [0, 0.05) is 5.56 Å². The molecule has 4 aromatic rings. The van der Waals surface area contributed by atoms with Crippen LogP contribution in [0.4, 0.5) is 0 Å². The Morgan fingerprint density at radius 3 is 2.52 bits per heavy atom. The van der Waals surface area contributed by atoms with Gasteiger partial charge in [0.05, 0.1) is 17.4 Å². The highest BCUT2D eigenvalue weighted by Crippen LogP contribution is 2.23. The molecule has 1 N–H and O–H groups in total. The first kappa shape index (κ1) is 18.8. The molecule has 146 valence electrons. The number of rotatable bonds is 6. The Hall–Kier alpha value is -3.58. The van der Waals surface area contributed by atoms with Gasteiger partial charge in [-0.05, 0) is 46.7 Å². The van der Waals surface area contributed by atoms with Gasteiger partial charge in [-0.15, -0.1) is 0 Å². The van der Waals surface area contributed by atoms with Crippen molar-refractivity contribution in [3.8, 4) is 16.9 Å². The van der Waals surface area contributed by atoms with Crippen LogP contribution >= 0.6 is 0 Å². The third-order valence-electron chi connectivity index (χ3n) is 4.34. The number of carbonyl (C=O) groups is 1. The zero-order chi connectivity index (χ0) is 20.3. The van der Waals surface area contributed by atoms with Gasteiger partial charge in [0.25, 0.3) is 15.9 Å². The molecule has 0 aliphatic heterocycles. The molecule has 3 aromatic carbocycles. The Morgan fingerprint density at radius 1 is 0.897 bits per heavy atom. The second-order valence-electron chi connectivity index (χ2n) is 6.37. The Morgan fingerprint density at radius 2 is 1.72 bits per heavy atom. The Labute approximate surface area is 167 Å². The summed E-state index contributed by atoms with van der Waals surface area (Å²) in [6.07, 6.45) is 3.02. The molecule has 0 aliphatic rings. The van der Waals surface area contributed by atoms with E-state index in [-0.39, 0.29) is 4.90 Å². The van der Waals surface area contributed by atoms with Crippen LogP contribution in [0.15, 0.2) is 94.6 Å². The van der Waals surface area contributed by atoms with Crippen LogP contribution in [-0.4, -0.2) is 20.9 Å². The molecule has 0 radical (unpaired) electrons. The van der Waals surface area contributed by atoms with E-state index in [2.05, 4.69) is 0 Å². The lowest BCUT2D eigenvalue weighted by Gasteiger charge is -2.10. The number of hydrogen-bond donors (Lipinski definition) is 1. The maximum atomic E-state index is 12.5. The molecule has 0 saturated carbocycles. The van der Waals surface area contributed by atoms with Crippen molar-refractivity contribution in [2.75, 3.05) is 6.61 Å². The summed E-state index contributed by atoms with van der Waals surface area (Å²) < 4.78 is 37.6. The van der Waals surface area contributed by atoms with Gasteiger partial charge in [0.15, 0.2) is 6.61 Å². The summed E-state index contributed by atoms with van der Waals surface area (Å²) in [5.74, 6) is -0.273. The molecule has 4 rings (SSSR count). The van der Waals surface area contributed by atoms with Crippen LogP contribution in [0.2, 0.25) is 0 Å². The Kier molecular flexibility index (Phi) is 5.05. The van der Waals surface area contributed by atoms with E-state index in [0.717, 1.165) is 16.3 Å². The second-order valence-corrected chi connectivity index (χ2v) is 8.05. The first-order valence-electron chi connectivity index (χ1n) is 8.81. The summed E-state index contributed by atoms with van der Waals surface area (Å²) in [5, 5.41) is 2.01. The molecule has 0 saturated heterocycles. The molecule has 0 fully saturated rings. The van der Waals surface area contributed by atoms with Gasteiger partial charge < -0.3 is 9.15 Å². The van der Waals surface area contributed by atoms with Crippen molar-refractivity contribution in [1.82, 2.24) is 4.72 Å². The molecule has 1 amide bonds. The monoisotopic (exact) mass is 407 g/mol. The van der Waals surface area contributed by atoms with E-state index in [9.17, 15) is 13.2 Å². The van der Waals surface area contributed by atoms with Gasteiger partial charge in [-0.2, -0.15) is 0 Å². The second kappa shape index (κ2) is 7.81. The summed E-state index contributed by atoms with van der Waals surface area (Å²) in [4.78, 5) is 12.1. The van der Waals surface area contributed by atoms with Gasteiger partial charge >= 0.3 is 0 Å². The molecule has 1 heterocycles. The summed E-state index contributed by atoms with van der Waals surface area (Å²) >= 11 is 0. The topological polar surface area (TPSA) is 85.6 Å². The Balaban J connectivity index is 1.43. The smallest absolute Gasteiger partial charge is 0.271 e. The van der Waals surface area contributed by atoms with Gasteiger partial charge in [-0.25, -0.2) is 13.1 Å². The lowest BCUT2D eigenvalue weighted by Crippen LogP contribution is -2.34. The van der Waals surface area contributed by atoms with Gasteiger partial charge in [-0.3, -0.25) is 4.79 Å². The van der Waals surface area contributed by atoms with Crippen LogP contribution in [0.3, 0.4) is 0 Å². The highest BCUT2D eigenvalue weighted by atomic mass is 32.2. The average Bonchev–Trinajstić information content (AvgIpc) is 3.27. The third kappa shape index (κ3) is 4.30. The highest BCUT2D eigenvalue weighted by molar-refractivity contribution is 7.90. The first-order valence-corrected chi connectivity index (χ1v) is 10.3. The zero-order valence-corrected chi connectivity index (χ0v) is 16.1. The molecule has 0 aliphatic carbocycles. The van der Waals surface area contributed by atoms with Crippen LogP contribution < -0.4 is 9.46 Å². The minimum atomic E-state index is -4.02. The van der Waals surface area contributed by atoms with Gasteiger partial charge in [0.2, 0.25) is 0 Å². The molecule has 29 heavy (non-hydrogen) atoms. The fourth-order valence-corrected chi connectivity index (χ4v) is 3.93. The van der Waals surface area contributed by atoms with Crippen molar-refractivity contribution in [2.24, 2.45) is 0 Å². The van der Waals surface area contributed by atoms with Crippen molar-refractivity contribution >= 4 is 26.7 Å². The van der Waals surface area contributed by atoms with Crippen LogP contribution in [0, 0.1) is 0 Å². The van der Waals surface area contributed by atoms with Crippen LogP contribution in [0.5, 0.6) is 5.75 Å². The molecule has 1 aromatic heterocycles. The number of furan rings is 1. The van der Waals surface area contributed by atoms with E-state index in [1.165, 1.54) is 24.7 Å². The van der Waals surface area contributed by atoms with Crippen molar-refractivity contribution in [2.45, 2.75) is 4.90 Å². The van der Waals surface area contributed by atoms with Gasteiger partial charge in [-0.1, -0.05) is 42.5 Å². The van der Waals surface area contributed by atoms with E-state index in [1.807, 2.05) is 35.1 Å². The standard InChI is InChI=1S/C22H17NO5S/c24-22(15-28-20-9-8-16-4-1-2-5-17(16)12-20)23-29(25,26)21-7-3-6-18(13-21)19-10-11-27-14-19/h1-14H,15H2,(H,23,24). The average molecular weight is 407 g/mol. The summed E-state index contributed by atoms with van der Waals surface area (Å²) in [7, 11) is -4.02. The number of ether oxygens (including phenoxy) is 1. The molecule has 6 nitrogen and oxygen atoms in total. The molecule has 7 heteroatoms. The molecular weight excluding hydrogens is 390 g/mol. The number of amides is 1. The largest absolute Gasteiger partial charge is 0.484 e. The van der Waals surface area contributed by atoms with E-state index in [1.54, 1.807) is 30.3 Å². The summed E-state index contributed by atoms with van der Waals surface area (Å²) in [6.45, 7) is -0.418. The van der Waals surface area contributed by atoms with E-state index >= 15 is 0 Å². The quantitative estimate of drug-likeness (QED) is 0.522. The number of hydrogen-bond acceptors (Lipinski definition) is 5. The van der Waals surface area contributed by atoms with E-state index in [0.29, 0.717) is 11.3 Å². The summed E-state index contributed by atoms with van der Waals surface area (Å²) in [5.41, 5.74) is 1.41. The van der Waals surface area contributed by atoms with Crippen molar-refractivity contribution < 1.29 is 22.4 Å². The van der Waals surface area contributed by atoms with Crippen molar-refractivity contribution in [1.29, 1.82) is 0 Å². The molecule has 0 bridgehead atoms. The fraction of sp³-hybridized carbons (Fsp3) is 0.0455. The molecule has 0 spiro atoms. The number of nitrogens with one attached hydrogen (secondary N) is 1. The van der Waals surface area contributed by atoms with E-state index < -0.39 is 22.5 Å². The van der Waals surface area contributed by atoms with Gasteiger partial charge in [0.1, 0.15) is 5.75 Å². The minimum absolute atomic E-state index is 0.0183. The van der Waals surface area contributed by atoms with Crippen LogP contribution in [0.1, 0.15) is 0 Å². The lowest BCUT2D eigenvalue weighted by atomic mass is 10.1. The Bertz CT molecular complexity index is 1260. The summed E-state index contributed by atoms with van der Waals surface area (Å²) in [6, 6.07) is 21.1. The maximum Gasteiger partial charge on any atom is 0.271 e. The molecule has 0 atom stereocenters. The zero-order valence-electron chi connectivity index (χ0n) is 15.2. The lowest BCUT2D eigenvalue weighted by molar-refractivity contribution is -0.121. The third-order valence-corrected chi connectivity index (χ3v) is 5.71. The SMILES string of the molecule is O=C(COc1ccc2ccccc2c1)NS(=O)(=O)c1cccc(-c2ccoc2)c1. The number of carbonyl (C=O) groups excluding carboxylic acids is 1. The first-order chi connectivity index (χ1) is 14.0. The normalized spacial score (nSPS) is 11.3. The maximum absolute atomic E-state index is 12.5. The minimum Gasteiger partial charge on any atom is -0.484 e. The number of fused-ring (bicyclic) bond motifs is 1. The fourth-order valence-electron chi connectivity index (χ4n) is 2.92. The van der Waals surface area contributed by atoms with Crippen molar-refractivity contribution in [3.05, 3.63) is 85.3 Å². The number of sulfonamides is 1. The predicted octanol–water partition coefficient (Wildman–Crippen LogP) is 3.98. The van der Waals surface area contributed by atoms with Crippen molar-refractivity contribution in [3.63, 3.8) is 0 Å². The number of benzene rings is 3. The van der Waals surface area contributed by atoms with Crippen LogP contribution in [0.25, 0.3) is 21.9 Å². The highest BCUT2D eigenvalue weighted by Gasteiger charge is 2.19. The molecule has 0 unspecified atom stereocenters.